The van der Waals surface area contributed by atoms with Crippen molar-refractivity contribution in [3.63, 3.8) is 0 Å². The lowest BCUT2D eigenvalue weighted by atomic mass is 10.2. The molecule has 3 aromatic rings. The zero-order valence-corrected chi connectivity index (χ0v) is 12.0. The molecule has 0 aliphatic carbocycles. The molecule has 7 heteroatoms. The zero-order valence-electron chi connectivity index (χ0n) is 10.5. The number of aromatic nitrogens is 2. The summed E-state index contributed by atoms with van der Waals surface area (Å²) in [6.45, 7) is 0. The van der Waals surface area contributed by atoms with Gasteiger partial charge in [0.15, 0.2) is 6.29 Å². The van der Waals surface area contributed by atoms with Gasteiger partial charge in [-0.3, -0.25) is 4.79 Å². The monoisotopic (exact) mass is 323 g/mol. The largest absolute Gasteiger partial charge is 0.324 e. The average molecular weight is 324 g/mol. The van der Waals surface area contributed by atoms with E-state index in [-0.39, 0.29) is 5.56 Å². The number of carbonyl (C=O) groups is 1. The molecule has 0 saturated carbocycles. The van der Waals surface area contributed by atoms with Gasteiger partial charge in [-0.25, -0.2) is 9.37 Å². The van der Waals surface area contributed by atoms with Gasteiger partial charge in [-0.1, -0.05) is 29.3 Å². The first-order valence-electron chi connectivity index (χ1n) is 5.94. The highest BCUT2D eigenvalue weighted by molar-refractivity contribution is 6.43. The van der Waals surface area contributed by atoms with Gasteiger partial charge in [0.25, 0.3) is 0 Å². The summed E-state index contributed by atoms with van der Waals surface area (Å²) in [7, 11) is 0. The molecule has 21 heavy (non-hydrogen) atoms. The average Bonchev–Trinajstić information content (AvgIpc) is 2.85. The van der Waals surface area contributed by atoms with Gasteiger partial charge in [0.2, 0.25) is 5.95 Å². The quantitative estimate of drug-likeness (QED) is 0.694. The molecular weight excluding hydrogens is 316 g/mol. The molecule has 0 aliphatic rings. The fraction of sp³-hybridized carbons (Fsp3) is 0. The molecule has 106 valence electrons. The van der Waals surface area contributed by atoms with Crippen LogP contribution in [0.25, 0.3) is 11.0 Å². The summed E-state index contributed by atoms with van der Waals surface area (Å²) in [5.74, 6) is -0.177. The summed E-state index contributed by atoms with van der Waals surface area (Å²) in [4.78, 5) is 18.1. The first-order valence-corrected chi connectivity index (χ1v) is 6.69. The van der Waals surface area contributed by atoms with Crippen molar-refractivity contribution in [1.82, 2.24) is 9.97 Å². The molecule has 0 atom stereocenters. The van der Waals surface area contributed by atoms with E-state index in [1.807, 2.05) is 0 Å². The minimum Gasteiger partial charge on any atom is -0.324 e. The number of aromatic amines is 1. The molecule has 0 unspecified atom stereocenters. The number of imidazole rings is 1. The predicted molar refractivity (Wildman–Crippen MR) is 81.2 cm³/mol. The van der Waals surface area contributed by atoms with Crippen LogP contribution >= 0.6 is 23.2 Å². The van der Waals surface area contributed by atoms with Gasteiger partial charge in [0.1, 0.15) is 11.3 Å². The Morgan fingerprint density at radius 3 is 2.86 bits per heavy atom. The second-order valence-corrected chi connectivity index (χ2v) is 5.11. The second-order valence-electron chi connectivity index (χ2n) is 4.32. The minimum absolute atomic E-state index is 0.173. The lowest BCUT2D eigenvalue weighted by Crippen LogP contribution is -1.93. The fourth-order valence-electron chi connectivity index (χ4n) is 1.98. The van der Waals surface area contributed by atoms with Crippen molar-refractivity contribution >= 4 is 52.2 Å². The van der Waals surface area contributed by atoms with E-state index in [1.54, 1.807) is 18.2 Å². The molecule has 0 spiro atoms. The Hall–Kier alpha value is -2.11. The van der Waals surface area contributed by atoms with Crippen LogP contribution in [-0.4, -0.2) is 16.3 Å². The van der Waals surface area contributed by atoms with Crippen LogP contribution in [0, 0.1) is 5.82 Å². The summed E-state index contributed by atoms with van der Waals surface area (Å²) in [6, 6.07) is 7.51. The minimum atomic E-state index is -0.513. The molecule has 0 saturated heterocycles. The number of H-pyrrole nitrogens is 1. The summed E-state index contributed by atoms with van der Waals surface area (Å²) in [6.07, 6.45) is 0.558. The third kappa shape index (κ3) is 2.57. The normalized spacial score (nSPS) is 10.8. The standard InChI is InChI=1S/C14H8Cl2FN3O/c15-9-2-1-3-10(12(9)16)18-14-19-11-5-8(17)4-7(6-21)13(11)20-14/h1-6H,(H2,18,19,20). The van der Waals surface area contributed by atoms with E-state index in [4.69, 9.17) is 23.2 Å². The number of hydrogen-bond acceptors (Lipinski definition) is 3. The van der Waals surface area contributed by atoms with Crippen LogP contribution in [-0.2, 0) is 0 Å². The van der Waals surface area contributed by atoms with E-state index in [1.165, 1.54) is 6.07 Å². The number of rotatable bonds is 3. The van der Waals surface area contributed by atoms with E-state index >= 15 is 0 Å². The molecule has 4 nitrogen and oxygen atoms in total. The van der Waals surface area contributed by atoms with E-state index in [2.05, 4.69) is 15.3 Å². The van der Waals surface area contributed by atoms with E-state index in [9.17, 15) is 9.18 Å². The molecule has 0 aliphatic heterocycles. The van der Waals surface area contributed by atoms with Gasteiger partial charge in [0, 0.05) is 5.56 Å². The van der Waals surface area contributed by atoms with Crippen molar-refractivity contribution in [3.8, 4) is 0 Å². The highest BCUT2D eigenvalue weighted by atomic mass is 35.5. The Balaban J connectivity index is 2.06. The summed E-state index contributed by atoms with van der Waals surface area (Å²) >= 11 is 12.0. The Kier molecular flexibility index (Phi) is 3.53. The number of anilines is 2. The number of hydrogen-bond donors (Lipinski definition) is 2. The highest BCUT2D eigenvalue weighted by Gasteiger charge is 2.11. The maximum Gasteiger partial charge on any atom is 0.205 e. The number of nitrogens with one attached hydrogen (secondary N) is 2. The van der Waals surface area contributed by atoms with Crippen LogP contribution in [0.1, 0.15) is 10.4 Å². The molecule has 0 fully saturated rings. The zero-order chi connectivity index (χ0) is 15.0. The van der Waals surface area contributed by atoms with Gasteiger partial charge < -0.3 is 10.3 Å². The topological polar surface area (TPSA) is 57.8 Å². The third-order valence-electron chi connectivity index (χ3n) is 2.91. The van der Waals surface area contributed by atoms with Crippen LogP contribution in [0.5, 0.6) is 0 Å². The van der Waals surface area contributed by atoms with Crippen LogP contribution < -0.4 is 5.32 Å². The molecule has 0 amide bonds. The van der Waals surface area contributed by atoms with Gasteiger partial charge >= 0.3 is 0 Å². The number of halogens is 3. The third-order valence-corrected chi connectivity index (χ3v) is 3.73. The molecule has 2 aromatic carbocycles. The van der Waals surface area contributed by atoms with Gasteiger partial charge in [0.05, 0.1) is 21.2 Å². The summed E-state index contributed by atoms with van der Waals surface area (Å²) in [5.41, 5.74) is 1.52. The SMILES string of the molecule is O=Cc1cc(F)cc2[nH]c(Nc3cccc(Cl)c3Cl)nc12. The molecule has 2 N–H and O–H groups in total. The van der Waals surface area contributed by atoms with Crippen molar-refractivity contribution in [2.24, 2.45) is 0 Å². The van der Waals surface area contributed by atoms with E-state index in [0.717, 1.165) is 6.07 Å². The van der Waals surface area contributed by atoms with Crippen molar-refractivity contribution in [1.29, 1.82) is 0 Å². The Labute approximate surface area is 128 Å². The Bertz CT molecular complexity index is 848. The molecule has 3 rings (SSSR count). The first-order chi connectivity index (χ1) is 10.1. The lowest BCUT2D eigenvalue weighted by molar-refractivity contribution is 0.112. The fourth-order valence-corrected chi connectivity index (χ4v) is 2.33. The van der Waals surface area contributed by atoms with Crippen molar-refractivity contribution in [2.45, 2.75) is 0 Å². The van der Waals surface area contributed by atoms with Crippen molar-refractivity contribution < 1.29 is 9.18 Å². The number of nitrogens with zero attached hydrogens (tertiary/aromatic N) is 1. The van der Waals surface area contributed by atoms with Crippen LogP contribution in [0.3, 0.4) is 0 Å². The molecular formula is C14H8Cl2FN3O. The number of benzene rings is 2. The maximum absolute atomic E-state index is 13.4. The molecule has 1 heterocycles. The Morgan fingerprint density at radius 1 is 1.29 bits per heavy atom. The van der Waals surface area contributed by atoms with Crippen molar-refractivity contribution in [3.05, 3.63) is 51.8 Å². The van der Waals surface area contributed by atoms with Crippen LogP contribution in [0.4, 0.5) is 16.0 Å². The number of aldehydes is 1. The maximum atomic E-state index is 13.4. The van der Waals surface area contributed by atoms with Crippen LogP contribution in [0.15, 0.2) is 30.3 Å². The molecule has 0 bridgehead atoms. The summed E-state index contributed by atoms with van der Waals surface area (Å²) in [5, 5.41) is 3.70. The van der Waals surface area contributed by atoms with Gasteiger partial charge in [-0.2, -0.15) is 0 Å². The summed E-state index contributed by atoms with van der Waals surface area (Å²) < 4.78 is 13.4. The predicted octanol–water partition coefficient (Wildman–Crippen LogP) is 4.56. The highest BCUT2D eigenvalue weighted by Crippen LogP contribution is 2.31. The van der Waals surface area contributed by atoms with Gasteiger partial charge in [-0.05, 0) is 24.3 Å². The molecule has 1 aromatic heterocycles. The second kappa shape index (κ2) is 5.35. The number of carbonyl (C=O) groups excluding carboxylic acids is 1. The van der Waals surface area contributed by atoms with Gasteiger partial charge in [-0.15, -0.1) is 0 Å². The first kappa shape index (κ1) is 13.9. The molecule has 0 radical (unpaired) electrons. The Morgan fingerprint density at radius 2 is 2.10 bits per heavy atom. The smallest absolute Gasteiger partial charge is 0.205 e. The van der Waals surface area contributed by atoms with E-state index < -0.39 is 5.82 Å². The number of fused-ring (bicyclic) bond motifs is 1. The van der Waals surface area contributed by atoms with Crippen molar-refractivity contribution in [2.75, 3.05) is 5.32 Å². The lowest BCUT2D eigenvalue weighted by Gasteiger charge is -2.05. The van der Waals surface area contributed by atoms with E-state index in [0.29, 0.717) is 39.0 Å². The van der Waals surface area contributed by atoms with Crippen LogP contribution in [0.2, 0.25) is 10.0 Å².